The average molecular weight is 447 g/mol. The number of ether oxygens (including phenoxy) is 2. The van der Waals surface area contributed by atoms with Gasteiger partial charge in [0.25, 0.3) is 11.5 Å². The number of carbonyl (C=O) groups is 2. The van der Waals surface area contributed by atoms with Gasteiger partial charge in [0.2, 0.25) is 0 Å². The largest absolute Gasteiger partial charge is 0.497 e. The Labute approximate surface area is 188 Å². The second kappa shape index (κ2) is 8.99. The number of hydrogen-bond donors (Lipinski definition) is 1. The molecule has 0 aliphatic carbocycles. The number of carbonyl (C=O) groups excluding carboxylic acids is 2. The molecule has 1 amide bonds. The third-order valence-electron chi connectivity index (χ3n) is 5.03. The van der Waals surface area contributed by atoms with Crippen LogP contribution in [0.1, 0.15) is 37.7 Å². The lowest BCUT2D eigenvalue weighted by Crippen LogP contribution is -2.16. The fourth-order valence-electron chi connectivity index (χ4n) is 3.29. The predicted molar refractivity (Wildman–Crippen MR) is 120 cm³/mol. The molecule has 0 aliphatic heterocycles. The number of benzene rings is 2. The van der Waals surface area contributed by atoms with Gasteiger partial charge in [-0.25, -0.2) is 9.78 Å². The molecule has 168 valence electrons. The van der Waals surface area contributed by atoms with Gasteiger partial charge in [0, 0.05) is 23.4 Å². The van der Waals surface area contributed by atoms with E-state index in [1.807, 2.05) is 0 Å². The normalized spacial score (nSPS) is 10.8. The van der Waals surface area contributed by atoms with Gasteiger partial charge in [0.15, 0.2) is 5.65 Å². The maximum absolute atomic E-state index is 12.7. The SMILES string of the molecule is COc1ccc(C(=O)Nc2cccc(C(=O)OCc3cc(=O)n4oc(C)cc4n3)c2C)cc1. The first-order valence-corrected chi connectivity index (χ1v) is 10.1. The second-order valence-corrected chi connectivity index (χ2v) is 7.32. The van der Waals surface area contributed by atoms with E-state index in [4.69, 9.17) is 14.0 Å². The predicted octanol–water partition coefficient (Wildman–Crippen LogP) is 3.52. The minimum atomic E-state index is -0.599. The highest BCUT2D eigenvalue weighted by Gasteiger charge is 2.16. The van der Waals surface area contributed by atoms with E-state index in [2.05, 4.69) is 10.3 Å². The van der Waals surface area contributed by atoms with E-state index in [1.165, 1.54) is 6.07 Å². The molecule has 9 nitrogen and oxygen atoms in total. The number of methoxy groups -OCH3 is 1. The third kappa shape index (κ3) is 4.62. The number of nitrogens with one attached hydrogen (secondary N) is 1. The second-order valence-electron chi connectivity index (χ2n) is 7.32. The van der Waals surface area contributed by atoms with Crippen LogP contribution in [0.25, 0.3) is 5.65 Å². The minimum Gasteiger partial charge on any atom is -0.497 e. The van der Waals surface area contributed by atoms with Crippen molar-refractivity contribution in [3.05, 3.63) is 93.1 Å². The first kappa shape index (κ1) is 21.8. The Balaban J connectivity index is 1.47. The van der Waals surface area contributed by atoms with Crippen molar-refractivity contribution in [1.29, 1.82) is 0 Å². The number of aromatic nitrogens is 2. The molecule has 0 bridgehead atoms. The molecule has 0 saturated carbocycles. The summed E-state index contributed by atoms with van der Waals surface area (Å²) >= 11 is 0. The zero-order chi connectivity index (χ0) is 23.5. The molecule has 0 radical (unpaired) electrons. The van der Waals surface area contributed by atoms with Crippen LogP contribution in [0, 0.1) is 13.8 Å². The summed E-state index contributed by atoms with van der Waals surface area (Å²) in [5.41, 5.74) is 2.01. The fraction of sp³-hybridized carbons (Fsp3) is 0.167. The zero-order valence-electron chi connectivity index (χ0n) is 18.2. The van der Waals surface area contributed by atoms with Crippen LogP contribution in [0.2, 0.25) is 0 Å². The van der Waals surface area contributed by atoms with Gasteiger partial charge in [0.1, 0.15) is 18.1 Å². The Bertz CT molecular complexity index is 1400. The van der Waals surface area contributed by atoms with Gasteiger partial charge >= 0.3 is 5.97 Å². The molecule has 0 aliphatic rings. The molecule has 4 aromatic rings. The van der Waals surface area contributed by atoms with E-state index < -0.39 is 11.5 Å². The van der Waals surface area contributed by atoms with E-state index in [-0.39, 0.29) is 12.5 Å². The van der Waals surface area contributed by atoms with Crippen LogP contribution in [0.5, 0.6) is 5.75 Å². The van der Waals surface area contributed by atoms with Crippen molar-refractivity contribution in [3.63, 3.8) is 0 Å². The number of hydrogen-bond acceptors (Lipinski definition) is 7. The minimum absolute atomic E-state index is 0.184. The first-order chi connectivity index (χ1) is 15.9. The molecule has 1 N–H and O–H groups in total. The molecule has 0 spiro atoms. The number of nitrogens with zero attached hydrogens (tertiary/aromatic N) is 2. The van der Waals surface area contributed by atoms with Crippen molar-refractivity contribution in [2.24, 2.45) is 0 Å². The zero-order valence-corrected chi connectivity index (χ0v) is 18.2. The molecule has 0 saturated heterocycles. The lowest BCUT2D eigenvalue weighted by molar-refractivity contribution is 0.0466. The van der Waals surface area contributed by atoms with Crippen molar-refractivity contribution in [3.8, 4) is 5.75 Å². The molecular weight excluding hydrogens is 426 g/mol. The Morgan fingerprint density at radius 2 is 1.85 bits per heavy atom. The molecule has 9 heteroatoms. The van der Waals surface area contributed by atoms with Gasteiger partial charge in [-0.1, -0.05) is 6.07 Å². The number of aryl methyl sites for hydroxylation is 1. The molecule has 0 unspecified atom stereocenters. The summed E-state index contributed by atoms with van der Waals surface area (Å²) in [6, 6.07) is 14.5. The van der Waals surface area contributed by atoms with Gasteiger partial charge in [-0.05, 0) is 55.8 Å². The first-order valence-electron chi connectivity index (χ1n) is 10.1. The Hall–Kier alpha value is -4.40. The summed E-state index contributed by atoms with van der Waals surface area (Å²) in [6.45, 7) is 3.23. The van der Waals surface area contributed by atoms with E-state index >= 15 is 0 Å². The van der Waals surface area contributed by atoms with Gasteiger partial charge in [-0.15, -0.1) is 4.57 Å². The highest BCUT2D eigenvalue weighted by atomic mass is 16.5. The van der Waals surface area contributed by atoms with Crippen LogP contribution in [-0.2, 0) is 11.3 Å². The monoisotopic (exact) mass is 447 g/mol. The standard InChI is InChI=1S/C24H21N3O6/c1-14-11-21-25-17(12-22(28)27(21)33-14)13-32-24(30)19-5-4-6-20(15(19)2)26-23(29)16-7-9-18(31-3)10-8-16/h4-12H,13H2,1-3H3,(H,26,29). The lowest BCUT2D eigenvalue weighted by atomic mass is 10.1. The summed E-state index contributed by atoms with van der Waals surface area (Å²) in [5, 5.41) is 2.81. The highest BCUT2D eigenvalue weighted by Crippen LogP contribution is 2.21. The van der Waals surface area contributed by atoms with E-state index in [0.29, 0.717) is 45.2 Å². The van der Waals surface area contributed by atoms with Crippen molar-refractivity contribution in [1.82, 2.24) is 9.56 Å². The van der Waals surface area contributed by atoms with Crippen molar-refractivity contribution in [2.45, 2.75) is 20.5 Å². The van der Waals surface area contributed by atoms with Crippen LogP contribution in [0.15, 0.2) is 63.9 Å². The van der Waals surface area contributed by atoms with Crippen molar-refractivity contribution < 1.29 is 23.6 Å². The Kier molecular flexibility index (Phi) is 5.95. The maximum Gasteiger partial charge on any atom is 0.338 e. The summed E-state index contributed by atoms with van der Waals surface area (Å²) in [4.78, 5) is 41.7. The molecule has 2 aromatic heterocycles. The molecule has 2 heterocycles. The number of anilines is 1. The van der Waals surface area contributed by atoms with Gasteiger partial charge < -0.3 is 19.3 Å². The summed E-state index contributed by atoms with van der Waals surface area (Å²) in [7, 11) is 1.55. The lowest BCUT2D eigenvalue weighted by Gasteiger charge is -2.12. The van der Waals surface area contributed by atoms with Crippen molar-refractivity contribution >= 4 is 23.2 Å². The Morgan fingerprint density at radius 1 is 1.09 bits per heavy atom. The summed E-state index contributed by atoms with van der Waals surface area (Å²) < 4.78 is 16.8. The highest BCUT2D eigenvalue weighted by molar-refractivity contribution is 6.05. The molecule has 0 atom stereocenters. The van der Waals surface area contributed by atoms with Crippen LogP contribution < -0.4 is 15.6 Å². The third-order valence-corrected chi connectivity index (χ3v) is 5.03. The van der Waals surface area contributed by atoms with E-state index in [9.17, 15) is 14.4 Å². The molecule has 33 heavy (non-hydrogen) atoms. The van der Waals surface area contributed by atoms with Crippen LogP contribution in [0.3, 0.4) is 0 Å². The summed E-state index contributed by atoms with van der Waals surface area (Å²) in [5.74, 6) is 0.266. The summed E-state index contributed by atoms with van der Waals surface area (Å²) in [6.07, 6.45) is 0. The van der Waals surface area contributed by atoms with Crippen LogP contribution in [0.4, 0.5) is 5.69 Å². The average Bonchev–Trinajstić information content (AvgIpc) is 3.19. The van der Waals surface area contributed by atoms with Gasteiger partial charge in [-0.3, -0.25) is 9.59 Å². The van der Waals surface area contributed by atoms with E-state index in [1.54, 1.807) is 69.5 Å². The van der Waals surface area contributed by atoms with E-state index in [0.717, 1.165) is 4.57 Å². The number of esters is 1. The Morgan fingerprint density at radius 3 is 2.58 bits per heavy atom. The van der Waals surface area contributed by atoms with Gasteiger partial charge in [-0.2, -0.15) is 0 Å². The molecule has 4 rings (SSSR count). The topological polar surface area (TPSA) is 112 Å². The fourth-order valence-corrected chi connectivity index (χ4v) is 3.29. The van der Waals surface area contributed by atoms with Crippen LogP contribution >= 0.6 is 0 Å². The maximum atomic E-state index is 12.7. The smallest absolute Gasteiger partial charge is 0.338 e. The quantitative estimate of drug-likeness (QED) is 0.450. The molecule has 0 fully saturated rings. The number of rotatable bonds is 6. The van der Waals surface area contributed by atoms with Crippen LogP contribution in [-0.4, -0.2) is 28.5 Å². The van der Waals surface area contributed by atoms with Crippen molar-refractivity contribution in [2.75, 3.05) is 12.4 Å². The number of fused-ring (bicyclic) bond motifs is 1. The molecular formula is C24H21N3O6. The number of amides is 1. The van der Waals surface area contributed by atoms with Gasteiger partial charge in [0.05, 0.1) is 18.4 Å². The molecule has 2 aromatic carbocycles.